The van der Waals surface area contributed by atoms with Crippen LogP contribution in [0.1, 0.15) is 10.4 Å². The number of aromatic nitrogens is 1. The van der Waals surface area contributed by atoms with Crippen molar-refractivity contribution in [2.75, 3.05) is 13.1 Å². The largest absolute Gasteiger partial charge is 0.486 e. The SMILES string of the molecule is O=C(c1cccc2ncccc12)N1C[C@@H](O)[C@H](Oc2ccccc2)C1. The Bertz CT molecular complexity index is 892. The molecule has 1 N–H and O–H groups in total. The summed E-state index contributed by atoms with van der Waals surface area (Å²) in [5, 5.41) is 11.1. The van der Waals surface area contributed by atoms with Gasteiger partial charge in [0.25, 0.3) is 5.91 Å². The first-order chi connectivity index (χ1) is 12.2. The molecule has 0 spiro atoms. The zero-order valence-electron chi connectivity index (χ0n) is 13.6. The number of aliphatic hydroxyl groups is 1. The van der Waals surface area contributed by atoms with Crippen molar-refractivity contribution in [1.29, 1.82) is 0 Å². The molecular formula is C20H18N2O3. The number of rotatable bonds is 3. The Morgan fingerprint density at radius 1 is 1.04 bits per heavy atom. The number of carbonyl (C=O) groups is 1. The highest BCUT2D eigenvalue weighted by molar-refractivity contribution is 6.06. The molecule has 1 saturated heterocycles. The van der Waals surface area contributed by atoms with Crippen molar-refractivity contribution in [3.63, 3.8) is 0 Å². The van der Waals surface area contributed by atoms with E-state index in [1.807, 2.05) is 54.6 Å². The quantitative estimate of drug-likeness (QED) is 0.799. The number of nitrogens with zero attached hydrogens (tertiary/aromatic N) is 2. The van der Waals surface area contributed by atoms with Crippen LogP contribution in [0.15, 0.2) is 66.9 Å². The van der Waals surface area contributed by atoms with Crippen molar-refractivity contribution in [3.8, 4) is 5.75 Å². The fourth-order valence-corrected chi connectivity index (χ4v) is 3.17. The van der Waals surface area contributed by atoms with E-state index in [1.54, 1.807) is 17.2 Å². The van der Waals surface area contributed by atoms with Gasteiger partial charge in [-0.3, -0.25) is 9.78 Å². The number of hydrogen-bond acceptors (Lipinski definition) is 4. The number of benzene rings is 2. The number of likely N-dealkylation sites (tertiary alicyclic amines) is 1. The van der Waals surface area contributed by atoms with E-state index in [0.717, 1.165) is 10.9 Å². The molecule has 2 atom stereocenters. The third-order valence-electron chi connectivity index (χ3n) is 4.43. The number of pyridine rings is 1. The first-order valence-corrected chi connectivity index (χ1v) is 8.25. The third kappa shape index (κ3) is 3.06. The van der Waals surface area contributed by atoms with Gasteiger partial charge in [0.15, 0.2) is 0 Å². The van der Waals surface area contributed by atoms with Gasteiger partial charge in [0.2, 0.25) is 0 Å². The Kier molecular flexibility index (Phi) is 4.07. The minimum atomic E-state index is -0.711. The maximum Gasteiger partial charge on any atom is 0.254 e. The smallest absolute Gasteiger partial charge is 0.254 e. The summed E-state index contributed by atoms with van der Waals surface area (Å²) in [4.78, 5) is 18.9. The molecule has 4 rings (SSSR count). The number of aliphatic hydroxyl groups excluding tert-OH is 1. The molecule has 0 bridgehead atoms. The maximum atomic E-state index is 12.9. The standard InChI is InChI=1S/C20H18N2O3/c23-18-12-22(13-19(18)25-14-6-2-1-3-7-14)20(24)16-8-4-10-17-15(16)9-5-11-21-17/h1-11,18-19,23H,12-13H2/t18-,19-/m1/s1. The van der Waals surface area contributed by atoms with E-state index in [9.17, 15) is 9.90 Å². The van der Waals surface area contributed by atoms with Crippen LogP contribution in [0.2, 0.25) is 0 Å². The molecule has 1 aromatic heterocycles. The predicted octanol–water partition coefficient (Wildman–Crippen LogP) is 2.50. The van der Waals surface area contributed by atoms with Crippen molar-refractivity contribution in [2.45, 2.75) is 12.2 Å². The van der Waals surface area contributed by atoms with Gasteiger partial charge in [-0.15, -0.1) is 0 Å². The number of hydrogen-bond donors (Lipinski definition) is 1. The molecule has 1 aliphatic heterocycles. The molecule has 3 aromatic rings. The number of ether oxygens (including phenoxy) is 1. The lowest BCUT2D eigenvalue weighted by Gasteiger charge is -2.18. The van der Waals surface area contributed by atoms with E-state index in [-0.39, 0.29) is 12.5 Å². The normalized spacial score (nSPS) is 20.0. The molecule has 0 aliphatic carbocycles. The van der Waals surface area contributed by atoms with Crippen LogP contribution in [0.4, 0.5) is 0 Å². The predicted molar refractivity (Wildman–Crippen MR) is 94.5 cm³/mol. The van der Waals surface area contributed by atoms with Crippen LogP contribution in [0.5, 0.6) is 5.75 Å². The van der Waals surface area contributed by atoms with Crippen LogP contribution in [-0.4, -0.2) is 46.2 Å². The summed E-state index contributed by atoms with van der Waals surface area (Å²) < 4.78 is 5.84. The summed E-state index contributed by atoms with van der Waals surface area (Å²) in [5.41, 5.74) is 1.38. The average molecular weight is 334 g/mol. The average Bonchev–Trinajstić information content (AvgIpc) is 3.02. The van der Waals surface area contributed by atoms with Gasteiger partial charge in [-0.05, 0) is 30.3 Å². The Morgan fingerprint density at radius 2 is 1.88 bits per heavy atom. The van der Waals surface area contributed by atoms with Crippen LogP contribution in [0.25, 0.3) is 10.9 Å². The fraction of sp³-hybridized carbons (Fsp3) is 0.200. The van der Waals surface area contributed by atoms with Gasteiger partial charge in [-0.2, -0.15) is 0 Å². The molecule has 1 fully saturated rings. The number of fused-ring (bicyclic) bond motifs is 1. The maximum absolute atomic E-state index is 12.9. The zero-order chi connectivity index (χ0) is 17.2. The number of para-hydroxylation sites is 1. The second kappa shape index (κ2) is 6.53. The highest BCUT2D eigenvalue weighted by atomic mass is 16.5. The van der Waals surface area contributed by atoms with Gasteiger partial charge < -0.3 is 14.7 Å². The monoisotopic (exact) mass is 334 g/mol. The van der Waals surface area contributed by atoms with Gasteiger partial charge >= 0.3 is 0 Å². The number of β-amino-alcohol motifs (C(OH)–C–C–N with tert-alkyl or cyclic N) is 1. The van der Waals surface area contributed by atoms with Crippen molar-refractivity contribution < 1.29 is 14.6 Å². The van der Waals surface area contributed by atoms with Crippen molar-refractivity contribution in [2.24, 2.45) is 0 Å². The van der Waals surface area contributed by atoms with Gasteiger partial charge in [-0.1, -0.05) is 30.3 Å². The molecule has 0 unspecified atom stereocenters. The molecule has 0 radical (unpaired) electrons. The third-order valence-corrected chi connectivity index (χ3v) is 4.43. The summed E-state index contributed by atoms with van der Waals surface area (Å²) >= 11 is 0. The van der Waals surface area contributed by atoms with Crippen molar-refractivity contribution >= 4 is 16.8 Å². The minimum absolute atomic E-state index is 0.114. The van der Waals surface area contributed by atoms with Crippen LogP contribution < -0.4 is 4.74 Å². The van der Waals surface area contributed by atoms with E-state index < -0.39 is 12.2 Å². The van der Waals surface area contributed by atoms with Crippen LogP contribution in [-0.2, 0) is 0 Å². The van der Waals surface area contributed by atoms with Crippen LogP contribution in [0, 0.1) is 0 Å². The molecule has 5 heteroatoms. The van der Waals surface area contributed by atoms with Crippen LogP contribution in [0.3, 0.4) is 0 Å². The molecule has 1 aliphatic rings. The van der Waals surface area contributed by atoms with E-state index >= 15 is 0 Å². The summed E-state index contributed by atoms with van der Waals surface area (Å²) in [6.45, 7) is 0.610. The first-order valence-electron chi connectivity index (χ1n) is 8.25. The van der Waals surface area contributed by atoms with Crippen molar-refractivity contribution in [3.05, 3.63) is 72.4 Å². The fourth-order valence-electron chi connectivity index (χ4n) is 3.17. The highest BCUT2D eigenvalue weighted by Gasteiger charge is 2.36. The Hall–Kier alpha value is -2.92. The summed E-state index contributed by atoms with van der Waals surface area (Å²) in [6, 6.07) is 18.6. The summed E-state index contributed by atoms with van der Waals surface area (Å²) in [5.74, 6) is 0.576. The lowest BCUT2D eigenvalue weighted by molar-refractivity contribution is 0.0730. The molecule has 5 nitrogen and oxygen atoms in total. The van der Waals surface area contributed by atoms with Gasteiger partial charge in [0, 0.05) is 17.1 Å². The molecule has 126 valence electrons. The molecule has 2 heterocycles. The lowest BCUT2D eigenvalue weighted by atomic mass is 10.1. The van der Waals surface area contributed by atoms with E-state index in [0.29, 0.717) is 17.9 Å². The minimum Gasteiger partial charge on any atom is -0.486 e. The summed E-state index contributed by atoms with van der Waals surface area (Å²) in [6.07, 6.45) is 0.566. The first kappa shape index (κ1) is 15.6. The zero-order valence-corrected chi connectivity index (χ0v) is 13.6. The van der Waals surface area contributed by atoms with E-state index in [2.05, 4.69) is 4.98 Å². The van der Waals surface area contributed by atoms with Gasteiger partial charge in [-0.25, -0.2) is 0 Å². The Labute approximate surface area is 145 Å². The second-order valence-electron chi connectivity index (χ2n) is 6.12. The van der Waals surface area contributed by atoms with Gasteiger partial charge in [0.05, 0.1) is 18.6 Å². The molecule has 2 aromatic carbocycles. The van der Waals surface area contributed by atoms with Crippen molar-refractivity contribution in [1.82, 2.24) is 9.88 Å². The summed E-state index contributed by atoms with van der Waals surface area (Å²) in [7, 11) is 0. The number of carbonyl (C=O) groups excluding carboxylic acids is 1. The van der Waals surface area contributed by atoms with E-state index in [4.69, 9.17) is 4.74 Å². The van der Waals surface area contributed by atoms with Gasteiger partial charge in [0.1, 0.15) is 18.0 Å². The van der Waals surface area contributed by atoms with Crippen LogP contribution >= 0.6 is 0 Å². The molecule has 25 heavy (non-hydrogen) atoms. The molecular weight excluding hydrogens is 316 g/mol. The Morgan fingerprint density at radius 3 is 2.72 bits per heavy atom. The number of amides is 1. The molecule has 1 amide bonds. The Balaban J connectivity index is 1.55. The van der Waals surface area contributed by atoms with E-state index in [1.165, 1.54) is 0 Å². The lowest BCUT2D eigenvalue weighted by Crippen LogP contribution is -2.31. The topological polar surface area (TPSA) is 62.7 Å². The molecule has 0 saturated carbocycles. The highest BCUT2D eigenvalue weighted by Crippen LogP contribution is 2.23. The second-order valence-corrected chi connectivity index (χ2v) is 6.12.